The van der Waals surface area contributed by atoms with E-state index in [1.807, 2.05) is 0 Å². The maximum atomic E-state index is 12.2. The van der Waals surface area contributed by atoms with Crippen molar-refractivity contribution in [3.8, 4) is 0 Å². The number of ether oxygens (including phenoxy) is 1. The number of aliphatic hydroxyl groups is 2. The van der Waals surface area contributed by atoms with Gasteiger partial charge in [-0.2, -0.15) is 0 Å². The van der Waals surface area contributed by atoms with Crippen molar-refractivity contribution in [3.63, 3.8) is 0 Å². The van der Waals surface area contributed by atoms with E-state index in [1.165, 1.54) is 0 Å². The van der Waals surface area contributed by atoms with Crippen LogP contribution in [0, 0.1) is 5.41 Å². The summed E-state index contributed by atoms with van der Waals surface area (Å²) in [4.78, 5) is 12.2. The van der Waals surface area contributed by atoms with Crippen LogP contribution in [0.25, 0.3) is 0 Å². The van der Waals surface area contributed by atoms with Crippen LogP contribution in [0.4, 0.5) is 0 Å². The standard InChI is InChI=1S/C11H22N2O4/c1-17-8-11(2-4-12-5-3-11)10(16)13-9(6-14)7-15/h9,12,14-15H,2-8H2,1H3,(H,13,16). The minimum atomic E-state index is -0.592. The Balaban J connectivity index is 2.65. The van der Waals surface area contributed by atoms with Gasteiger partial charge in [0, 0.05) is 7.11 Å². The van der Waals surface area contributed by atoms with Crippen LogP contribution in [-0.4, -0.2) is 62.2 Å². The molecule has 4 N–H and O–H groups in total. The Morgan fingerprint density at radius 3 is 2.47 bits per heavy atom. The lowest BCUT2D eigenvalue weighted by molar-refractivity contribution is -0.137. The number of amides is 1. The zero-order valence-corrected chi connectivity index (χ0v) is 10.2. The number of carbonyl (C=O) groups excluding carboxylic acids is 1. The fraction of sp³-hybridized carbons (Fsp3) is 0.909. The first kappa shape index (κ1) is 14.4. The van der Waals surface area contributed by atoms with Gasteiger partial charge in [-0.15, -0.1) is 0 Å². The Morgan fingerprint density at radius 2 is 2.00 bits per heavy atom. The van der Waals surface area contributed by atoms with Crippen LogP contribution in [0.1, 0.15) is 12.8 Å². The molecule has 0 aliphatic carbocycles. The molecule has 0 saturated carbocycles. The zero-order chi connectivity index (χ0) is 12.7. The Morgan fingerprint density at radius 1 is 1.41 bits per heavy atom. The monoisotopic (exact) mass is 246 g/mol. The SMILES string of the molecule is COCC1(C(=O)NC(CO)CO)CCNCC1. The van der Waals surface area contributed by atoms with Gasteiger partial charge >= 0.3 is 0 Å². The molecule has 6 heteroatoms. The van der Waals surface area contributed by atoms with Crippen molar-refractivity contribution in [2.45, 2.75) is 18.9 Å². The summed E-state index contributed by atoms with van der Waals surface area (Å²) >= 11 is 0. The van der Waals surface area contributed by atoms with Crippen molar-refractivity contribution in [2.24, 2.45) is 5.41 Å². The van der Waals surface area contributed by atoms with Crippen LogP contribution >= 0.6 is 0 Å². The quantitative estimate of drug-likeness (QED) is 0.456. The Labute approximate surface area is 101 Å². The topological polar surface area (TPSA) is 90.8 Å². The van der Waals surface area contributed by atoms with Gasteiger partial charge in [0.15, 0.2) is 0 Å². The molecule has 1 aliphatic rings. The average Bonchev–Trinajstić information content (AvgIpc) is 2.37. The number of hydrogen-bond acceptors (Lipinski definition) is 5. The maximum absolute atomic E-state index is 12.2. The number of aliphatic hydroxyl groups excluding tert-OH is 2. The van der Waals surface area contributed by atoms with Crippen LogP contribution < -0.4 is 10.6 Å². The third-order valence-electron chi connectivity index (χ3n) is 3.24. The summed E-state index contributed by atoms with van der Waals surface area (Å²) in [6, 6.07) is -0.592. The van der Waals surface area contributed by atoms with E-state index >= 15 is 0 Å². The molecule has 0 spiro atoms. The van der Waals surface area contributed by atoms with Gasteiger partial charge in [0.2, 0.25) is 5.91 Å². The molecule has 1 saturated heterocycles. The molecule has 0 unspecified atom stereocenters. The van der Waals surface area contributed by atoms with Crippen molar-refractivity contribution in [1.82, 2.24) is 10.6 Å². The highest BCUT2D eigenvalue weighted by Gasteiger charge is 2.40. The number of nitrogens with one attached hydrogen (secondary N) is 2. The second-order valence-corrected chi connectivity index (χ2v) is 4.50. The molecule has 0 bridgehead atoms. The summed E-state index contributed by atoms with van der Waals surface area (Å²) in [5.74, 6) is -0.144. The number of piperidine rings is 1. The van der Waals surface area contributed by atoms with Crippen molar-refractivity contribution < 1.29 is 19.7 Å². The first-order valence-corrected chi connectivity index (χ1v) is 5.91. The zero-order valence-electron chi connectivity index (χ0n) is 10.2. The average molecular weight is 246 g/mol. The number of methoxy groups -OCH3 is 1. The maximum Gasteiger partial charge on any atom is 0.229 e. The van der Waals surface area contributed by atoms with Crippen LogP contribution in [0.2, 0.25) is 0 Å². The van der Waals surface area contributed by atoms with Crippen LogP contribution in [0.3, 0.4) is 0 Å². The van der Waals surface area contributed by atoms with Crippen molar-refractivity contribution in [1.29, 1.82) is 0 Å². The summed E-state index contributed by atoms with van der Waals surface area (Å²) in [6.07, 6.45) is 1.41. The Hall–Kier alpha value is -0.690. The summed E-state index contributed by atoms with van der Waals surface area (Å²) in [7, 11) is 1.58. The van der Waals surface area contributed by atoms with Crippen molar-refractivity contribution in [3.05, 3.63) is 0 Å². The van der Waals surface area contributed by atoms with Gasteiger partial charge in [-0.1, -0.05) is 0 Å². The molecule has 0 radical (unpaired) electrons. The molecule has 17 heavy (non-hydrogen) atoms. The van der Waals surface area contributed by atoms with E-state index in [0.717, 1.165) is 13.1 Å². The molecule has 6 nitrogen and oxygen atoms in total. The second-order valence-electron chi connectivity index (χ2n) is 4.50. The van der Waals surface area contributed by atoms with Gasteiger partial charge < -0.3 is 25.6 Å². The van der Waals surface area contributed by atoms with Gasteiger partial charge in [-0.05, 0) is 25.9 Å². The molecule has 1 amide bonds. The third-order valence-corrected chi connectivity index (χ3v) is 3.24. The number of hydrogen-bond donors (Lipinski definition) is 4. The molecule has 100 valence electrons. The Kier molecular flexibility index (Phi) is 5.84. The smallest absolute Gasteiger partial charge is 0.229 e. The lowest BCUT2D eigenvalue weighted by atomic mass is 9.78. The first-order valence-electron chi connectivity index (χ1n) is 5.91. The lowest BCUT2D eigenvalue weighted by Gasteiger charge is -2.36. The highest BCUT2D eigenvalue weighted by Crippen LogP contribution is 2.29. The van der Waals surface area contributed by atoms with E-state index in [4.69, 9.17) is 14.9 Å². The van der Waals surface area contributed by atoms with Gasteiger partial charge in [0.1, 0.15) is 0 Å². The van der Waals surface area contributed by atoms with E-state index in [9.17, 15) is 4.79 Å². The molecule has 0 aromatic carbocycles. The molecule has 1 aliphatic heterocycles. The molecule has 1 fully saturated rings. The predicted molar refractivity (Wildman–Crippen MR) is 62.5 cm³/mol. The highest BCUT2D eigenvalue weighted by atomic mass is 16.5. The minimum Gasteiger partial charge on any atom is -0.394 e. The van der Waals surface area contributed by atoms with E-state index < -0.39 is 11.5 Å². The number of carbonyl (C=O) groups is 1. The summed E-state index contributed by atoms with van der Waals surface area (Å²) in [5, 5.41) is 23.8. The predicted octanol–water partition coefficient (Wildman–Crippen LogP) is -1.53. The van der Waals surface area contributed by atoms with Crippen molar-refractivity contribution in [2.75, 3.05) is 40.0 Å². The fourth-order valence-electron chi connectivity index (χ4n) is 2.11. The van der Waals surface area contributed by atoms with E-state index in [-0.39, 0.29) is 19.1 Å². The molecule has 1 rings (SSSR count). The summed E-state index contributed by atoms with van der Waals surface area (Å²) in [6.45, 7) is 1.40. The van der Waals surface area contributed by atoms with Crippen LogP contribution in [0.15, 0.2) is 0 Å². The van der Waals surface area contributed by atoms with Crippen LogP contribution in [0.5, 0.6) is 0 Å². The molecule has 0 atom stereocenters. The minimum absolute atomic E-state index is 0.144. The largest absolute Gasteiger partial charge is 0.394 e. The molecule has 0 aromatic rings. The molecule has 1 heterocycles. The lowest BCUT2D eigenvalue weighted by Crippen LogP contribution is -2.53. The highest BCUT2D eigenvalue weighted by molar-refractivity contribution is 5.83. The number of rotatable bonds is 6. The summed E-state index contributed by atoms with van der Waals surface area (Å²) in [5.41, 5.74) is -0.539. The van der Waals surface area contributed by atoms with Crippen molar-refractivity contribution >= 4 is 5.91 Å². The summed E-state index contributed by atoms with van der Waals surface area (Å²) < 4.78 is 5.14. The van der Waals surface area contributed by atoms with Gasteiger partial charge in [-0.3, -0.25) is 4.79 Å². The first-order chi connectivity index (χ1) is 8.18. The fourth-order valence-corrected chi connectivity index (χ4v) is 2.11. The van der Waals surface area contributed by atoms with Gasteiger partial charge in [0.25, 0.3) is 0 Å². The van der Waals surface area contributed by atoms with Crippen LogP contribution in [-0.2, 0) is 9.53 Å². The Bertz CT molecular complexity index is 232. The molecular formula is C11H22N2O4. The second kappa shape index (κ2) is 6.90. The van der Waals surface area contributed by atoms with E-state index in [2.05, 4.69) is 10.6 Å². The van der Waals surface area contributed by atoms with E-state index in [0.29, 0.717) is 19.4 Å². The third kappa shape index (κ3) is 3.64. The molecule has 0 aromatic heterocycles. The molecular weight excluding hydrogens is 224 g/mol. The normalized spacial score (nSPS) is 19.3. The van der Waals surface area contributed by atoms with E-state index in [1.54, 1.807) is 7.11 Å². The van der Waals surface area contributed by atoms with Gasteiger partial charge in [0.05, 0.1) is 31.3 Å². The van der Waals surface area contributed by atoms with Gasteiger partial charge in [-0.25, -0.2) is 0 Å².